The number of nitrogens with zero attached hydrogens (tertiary/aromatic N) is 4. The molecule has 5 heterocycles. The lowest BCUT2D eigenvalue weighted by Crippen LogP contribution is -2.20. The van der Waals surface area contributed by atoms with Gasteiger partial charge in [0.25, 0.3) is 0 Å². The molecule has 3 N–H and O–H groups in total. The zero-order chi connectivity index (χ0) is 26.3. The summed E-state index contributed by atoms with van der Waals surface area (Å²) in [5.74, 6) is -0.158. The van der Waals surface area contributed by atoms with E-state index in [2.05, 4.69) is 30.5 Å². The predicted octanol–water partition coefficient (Wildman–Crippen LogP) is 6.50. The molecule has 7 rings (SSSR count). The molecule has 5 aromatic heterocycles. The average molecular weight is 518 g/mol. The number of hydrogen-bond acceptors (Lipinski definition) is 5. The van der Waals surface area contributed by atoms with E-state index in [9.17, 15) is 9.18 Å². The number of fused-ring (bicyclic) bond motifs is 2. The highest BCUT2D eigenvalue weighted by molar-refractivity contribution is 5.99. The molecule has 1 aliphatic carbocycles. The molecule has 0 aliphatic heterocycles. The zero-order valence-corrected chi connectivity index (χ0v) is 20.9. The second-order valence-corrected chi connectivity index (χ2v) is 9.91. The monoisotopic (exact) mass is 517 g/mol. The maximum absolute atomic E-state index is 13.5. The smallest absolute Gasteiger partial charge is 0.227 e. The van der Waals surface area contributed by atoms with Crippen LogP contribution in [0.25, 0.3) is 55.8 Å². The number of rotatable bonds is 5. The van der Waals surface area contributed by atoms with Crippen LogP contribution in [-0.4, -0.2) is 36.0 Å². The first-order valence-electron chi connectivity index (χ1n) is 13.0. The number of aromatic nitrogens is 6. The van der Waals surface area contributed by atoms with E-state index in [0.717, 1.165) is 70.3 Å². The lowest BCUT2D eigenvalue weighted by Gasteiger charge is -2.11. The number of hydrogen-bond donors (Lipinski definition) is 3. The van der Waals surface area contributed by atoms with Crippen LogP contribution in [0.1, 0.15) is 25.7 Å². The minimum atomic E-state index is -0.289. The van der Waals surface area contributed by atoms with Crippen LogP contribution in [-0.2, 0) is 4.79 Å². The van der Waals surface area contributed by atoms with Crippen LogP contribution in [0, 0.1) is 11.7 Å². The lowest BCUT2D eigenvalue weighted by molar-refractivity contribution is -0.119. The van der Waals surface area contributed by atoms with Gasteiger partial charge in [-0.15, -0.1) is 0 Å². The predicted molar refractivity (Wildman–Crippen MR) is 148 cm³/mol. The molecule has 0 spiro atoms. The molecule has 0 radical (unpaired) electrons. The number of halogens is 1. The van der Waals surface area contributed by atoms with Crippen LogP contribution >= 0.6 is 0 Å². The SMILES string of the molecule is O=C(Nc1cncc(-c2ccc3[nH]nc(-c4cc5c(-c6ccc(F)cc6)nccc5[nH]4)c3n2)c1)C1CCCC1. The van der Waals surface area contributed by atoms with Gasteiger partial charge in [0.2, 0.25) is 5.91 Å². The second kappa shape index (κ2) is 9.43. The van der Waals surface area contributed by atoms with E-state index >= 15 is 0 Å². The topological polar surface area (TPSA) is 112 Å². The van der Waals surface area contributed by atoms with Crippen LogP contribution in [0.2, 0.25) is 0 Å². The van der Waals surface area contributed by atoms with Gasteiger partial charge in [-0.25, -0.2) is 9.37 Å². The molecule has 39 heavy (non-hydrogen) atoms. The molecule has 1 aliphatic rings. The number of carbonyl (C=O) groups is 1. The number of pyridine rings is 3. The van der Waals surface area contributed by atoms with Crippen molar-refractivity contribution in [3.05, 3.63) is 79.0 Å². The summed E-state index contributed by atoms with van der Waals surface area (Å²) in [7, 11) is 0. The van der Waals surface area contributed by atoms with E-state index in [0.29, 0.717) is 16.9 Å². The molecule has 0 saturated heterocycles. The van der Waals surface area contributed by atoms with Crippen LogP contribution in [0.5, 0.6) is 0 Å². The summed E-state index contributed by atoms with van der Waals surface area (Å²) in [6.07, 6.45) is 9.22. The van der Waals surface area contributed by atoms with Crippen molar-refractivity contribution < 1.29 is 9.18 Å². The normalized spacial score (nSPS) is 13.9. The minimum absolute atomic E-state index is 0.0558. The molecule has 1 aromatic carbocycles. The third-order valence-electron chi connectivity index (χ3n) is 7.36. The molecule has 0 unspecified atom stereocenters. The van der Waals surface area contributed by atoms with Crippen LogP contribution in [0.4, 0.5) is 10.1 Å². The van der Waals surface area contributed by atoms with E-state index in [1.165, 1.54) is 12.1 Å². The molecule has 6 aromatic rings. The van der Waals surface area contributed by atoms with Crippen molar-refractivity contribution in [3.8, 4) is 33.9 Å². The van der Waals surface area contributed by atoms with Crippen molar-refractivity contribution in [2.45, 2.75) is 25.7 Å². The highest BCUT2D eigenvalue weighted by Gasteiger charge is 2.23. The fourth-order valence-corrected chi connectivity index (χ4v) is 5.35. The minimum Gasteiger partial charge on any atom is -0.353 e. The highest BCUT2D eigenvalue weighted by Crippen LogP contribution is 2.33. The van der Waals surface area contributed by atoms with Crippen molar-refractivity contribution >= 4 is 33.5 Å². The molecule has 1 saturated carbocycles. The Labute approximate surface area is 222 Å². The van der Waals surface area contributed by atoms with Gasteiger partial charge in [0.15, 0.2) is 0 Å². The van der Waals surface area contributed by atoms with E-state index in [4.69, 9.17) is 4.98 Å². The fourth-order valence-electron chi connectivity index (χ4n) is 5.35. The maximum Gasteiger partial charge on any atom is 0.227 e. The highest BCUT2D eigenvalue weighted by atomic mass is 19.1. The molecule has 192 valence electrons. The Kier molecular flexibility index (Phi) is 5.61. The number of anilines is 1. The summed E-state index contributed by atoms with van der Waals surface area (Å²) in [4.78, 5) is 29.9. The second-order valence-electron chi connectivity index (χ2n) is 9.91. The van der Waals surface area contributed by atoms with Gasteiger partial charge in [0.1, 0.15) is 17.0 Å². The summed E-state index contributed by atoms with van der Waals surface area (Å²) < 4.78 is 13.5. The van der Waals surface area contributed by atoms with Crippen molar-refractivity contribution in [1.82, 2.24) is 30.1 Å². The first kappa shape index (κ1) is 23.2. The average Bonchev–Trinajstić information content (AvgIpc) is 3.73. The Bertz CT molecular complexity index is 1830. The van der Waals surface area contributed by atoms with Crippen LogP contribution in [0.15, 0.2) is 73.2 Å². The Morgan fingerprint density at radius 1 is 0.923 bits per heavy atom. The maximum atomic E-state index is 13.5. The molecular weight excluding hydrogens is 493 g/mol. The molecule has 8 nitrogen and oxygen atoms in total. The van der Waals surface area contributed by atoms with Crippen LogP contribution < -0.4 is 5.32 Å². The van der Waals surface area contributed by atoms with Crippen LogP contribution in [0.3, 0.4) is 0 Å². The third-order valence-corrected chi connectivity index (χ3v) is 7.36. The Hall–Kier alpha value is -4.92. The summed E-state index contributed by atoms with van der Waals surface area (Å²) in [6.45, 7) is 0. The molecule has 0 bridgehead atoms. The van der Waals surface area contributed by atoms with E-state index in [1.807, 2.05) is 30.3 Å². The first-order valence-corrected chi connectivity index (χ1v) is 13.0. The zero-order valence-electron chi connectivity index (χ0n) is 20.9. The van der Waals surface area contributed by atoms with Crippen molar-refractivity contribution in [1.29, 1.82) is 0 Å². The summed E-state index contributed by atoms with van der Waals surface area (Å²) in [6, 6.07) is 15.9. The van der Waals surface area contributed by atoms with Gasteiger partial charge in [-0.2, -0.15) is 5.10 Å². The van der Waals surface area contributed by atoms with E-state index < -0.39 is 0 Å². The lowest BCUT2D eigenvalue weighted by atomic mass is 10.1. The van der Waals surface area contributed by atoms with E-state index in [-0.39, 0.29) is 17.6 Å². The van der Waals surface area contributed by atoms with Gasteiger partial charge >= 0.3 is 0 Å². The summed E-state index contributed by atoms with van der Waals surface area (Å²) >= 11 is 0. The molecule has 9 heteroatoms. The Morgan fingerprint density at radius 3 is 2.62 bits per heavy atom. The number of benzene rings is 1. The van der Waals surface area contributed by atoms with Gasteiger partial charge < -0.3 is 10.3 Å². The largest absolute Gasteiger partial charge is 0.353 e. The van der Waals surface area contributed by atoms with Gasteiger partial charge in [-0.1, -0.05) is 12.8 Å². The van der Waals surface area contributed by atoms with Crippen molar-refractivity contribution in [2.75, 3.05) is 5.32 Å². The number of amides is 1. The number of nitrogens with one attached hydrogen (secondary N) is 3. The standard InChI is InChI=1S/C30H24FN7O/c31-20-7-5-17(6-8-20)27-22-14-26(35-24(22)11-12-33-27)29-28-25(37-38-29)10-9-23(36-28)19-13-21(16-32-15-19)34-30(39)18-3-1-2-4-18/h5-16,18,35H,1-4H2,(H,34,39)(H,37,38). The number of H-pyrrole nitrogens is 2. The third kappa shape index (κ3) is 4.31. The van der Waals surface area contributed by atoms with Gasteiger partial charge in [0.05, 0.1) is 34.5 Å². The number of carbonyl (C=O) groups excluding carboxylic acids is 1. The number of aromatic amines is 2. The van der Waals surface area contributed by atoms with Gasteiger partial charge in [-0.3, -0.25) is 19.9 Å². The first-order chi connectivity index (χ1) is 19.1. The van der Waals surface area contributed by atoms with Crippen molar-refractivity contribution in [2.24, 2.45) is 5.92 Å². The van der Waals surface area contributed by atoms with Gasteiger partial charge in [0, 0.05) is 40.3 Å². The molecule has 1 fully saturated rings. The summed E-state index contributed by atoms with van der Waals surface area (Å²) in [5, 5.41) is 11.5. The van der Waals surface area contributed by atoms with Gasteiger partial charge in [-0.05, 0) is 67.4 Å². The quantitative estimate of drug-likeness (QED) is 0.242. The Balaban J connectivity index is 1.24. The summed E-state index contributed by atoms with van der Waals surface area (Å²) in [5.41, 5.74) is 7.61. The molecular formula is C30H24FN7O. The fraction of sp³-hybridized carbons (Fsp3) is 0.167. The van der Waals surface area contributed by atoms with E-state index in [1.54, 1.807) is 30.7 Å². The molecule has 0 atom stereocenters. The Morgan fingerprint density at radius 2 is 1.77 bits per heavy atom. The van der Waals surface area contributed by atoms with Crippen molar-refractivity contribution in [3.63, 3.8) is 0 Å². The molecule has 1 amide bonds.